The molecule has 74 valence electrons. The van der Waals surface area contributed by atoms with Crippen molar-refractivity contribution < 1.29 is 4.79 Å². The van der Waals surface area contributed by atoms with Gasteiger partial charge in [0.05, 0.1) is 0 Å². The van der Waals surface area contributed by atoms with Crippen LogP contribution in [0.4, 0.5) is 5.69 Å². The van der Waals surface area contributed by atoms with Crippen molar-refractivity contribution in [1.29, 1.82) is 0 Å². The third kappa shape index (κ3) is 1.52. The number of carbonyl (C=O) groups excluding carboxylic acids is 1. The SMILES string of the molecule is Cc1cc(C(=O)C2CCC2)ccc1N. The summed E-state index contributed by atoms with van der Waals surface area (Å²) in [5.41, 5.74) is 8.28. The Morgan fingerprint density at radius 1 is 1.43 bits per heavy atom. The van der Waals surface area contributed by atoms with Crippen LogP contribution in [0.25, 0.3) is 0 Å². The van der Waals surface area contributed by atoms with E-state index in [9.17, 15) is 4.79 Å². The molecule has 0 spiro atoms. The predicted octanol–water partition coefficient (Wildman–Crippen LogP) is 2.56. The standard InChI is InChI=1S/C12H15NO/c1-8-7-10(5-6-11(8)13)12(14)9-3-2-4-9/h5-7,9H,2-4,13H2,1H3. The third-order valence-electron chi connectivity index (χ3n) is 3.03. The molecule has 0 saturated heterocycles. The number of rotatable bonds is 2. The fraction of sp³-hybridized carbons (Fsp3) is 0.417. The number of nitrogen functional groups attached to an aromatic ring is 1. The summed E-state index contributed by atoms with van der Waals surface area (Å²) < 4.78 is 0. The monoisotopic (exact) mass is 189 g/mol. The Morgan fingerprint density at radius 3 is 2.64 bits per heavy atom. The van der Waals surface area contributed by atoms with Crippen LogP contribution in [0.1, 0.15) is 35.2 Å². The molecule has 2 rings (SSSR count). The van der Waals surface area contributed by atoms with Gasteiger partial charge in [-0.05, 0) is 43.5 Å². The van der Waals surface area contributed by atoms with Crippen LogP contribution < -0.4 is 5.73 Å². The van der Waals surface area contributed by atoms with E-state index in [2.05, 4.69) is 0 Å². The van der Waals surface area contributed by atoms with Crippen molar-refractivity contribution in [2.75, 3.05) is 5.73 Å². The molecule has 1 saturated carbocycles. The molecule has 1 aliphatic rings. The van der Waals surface area contributed by atoms with Crippen LogP contribution >= 0.6 is 0 Å². The van der Waals surface area contributed by atoms with Crippen LogP contribution in [-0.4, -0.2) is 5.78 Å². The van der Waals surface area contributed by atoms with Crippen LogP contribution in [0.2, 0.25) is 0 Å². The highest BCUT2D eigenvalue weighted by Gasteiger charge is 2.26. The van der Waals surface area contributed by atoms with E-state index in [0.717, 1.165) is 29.7 Å². The highest BCUT2D eigenvalue weighted by Crippen LogP contribution is 2.30. The number of nitrogens with two attached hydrogens (primary N) is 1. The van der Waals surface area contributed by atoms with E-state index in [4.69, 9.17) is 5.73 Å². The maximum absolute atomic E-state index is 11.8. The van der Waals surface area contributed by atoms with Gasteiger partial charge in [-0.3, -0.25) is 4.79 Å². The molecular weight excluding hydrogens is 174 g/mol. The molecule has 2 nitrogen and oxygen atoms in total. The second-order valence-electron chi connectivity index (χ2n) is 4.06. The van der Waals surface area contributed by atoms with Gasteiger partial charge < -0.3 is 5.73 Å². The highest BCUT2D eigenvalue weighted by atomic mass is 16.1. The van der Waals surface area contributed by atoms with Crippen LogP contribution in [-0.2, 0) is 0 Å². The van der Waals surface area contributed by atoms with Crippen LogP contribution in [0.3, 0.4) is 0 Å². The van der Waals surface area contributed by atoms with Gasteiger partial charge in [-0.25, -0.2) is 0 Å². The van der Waals surface area contributed by atoms with Gasteiger partial charge in [0, 0.05) is 17.2 Å². The Bertz CT molecular complexity index is 367. The first kappa shape index (κ1) is 9.25. The smallest absolute Gasteiger partial charge is 0.165 e. The molecule has 1 aromatic rings. The largest absolute Gasteiger partial charge is 0.399 e. The van der Waals surface area contributed by atoms with Crippen molar-refractivity contribution in [3.05, 3.63) is 29.3 Å². The Hall–Kier alpha value is -1.31. The lowest BCUT2D eigenvalue weighted by Gasteiger charge is -2.23. The van der Waals surface area contributed by atoms with Gasteiger partial charge in [0.25, 0.3) is 0 Å². The van der Waals surface area contributed by atoms with Crippen molar-refractivity contribution in [2.24, 2.45) is 5.92 Å². The van der Waals surface area contributed by atoms with E-state index in [-0.39, 0.29) is 5.92 Å². The van der Waals surface area contributed by atoms with E-state index >= 15 is 0 Å². The van der Waals surface area contributed by atoms with Gasteiger partial charge in [-0.15, -0.1) is 0 Å². The predicted molar refractivity (Wildman–Crippen MR) is 57.3 cm³/mol. The summed E-state index contributed by atoms with van der Waals surface area (Å²) >= 11 is 0. The summed E-state index contributed by atoms with van der Waals surface area (Å²) in [6.45, 7) is 1.94. The Balaban J connectivity index is 2.23. The van der Waals surface area contributed by atoms with Crippen LogP contribution in [0.5, 0.6) is 0 Å². The molecule has 0 radical (unpaired) electrons. The minimum Gasteiger partial charge on any atom is -0.399 e. The molecule has 0 aliphatic heterocycles. The quantitative estimate of drug-likeness (QED) is 0.574. The molecule has 1 fully saturated rings. The maximum Gasteiger partial charge on any atom is 0.165 e. The molecule has 0 aromatic heterocycles. The number of hydrogen-bond donors (Lipinski definition) is 1. The van der Waals surface area contributed by atoms with Gasteiger partial charge in [-0.2, -0.15) is 0 Å². The number of carbonyl (C=O) groups is 1. The second kappa shape index (κ2) is 3.45. The van der Waals surface area contributed by atoms with E-state index in [1.807, 2.05) is 25.1 Å². The van der Waals surface area contributed by atoms with E-state index in [1.165, 1.54) is 6.42 Å². The zero-order valence-electron chi connectivity index (χ0n) is 8.42. The summed E-state index contributed by atoms with van der Waals surface area (Å²) in [7, 11) is 0. The minimum atomic E-state index is 0.276. The summed E-state index contributed by atoms with van der Waals surface area (Å²) in [4.78, 5) is 11.8. The van der Waals surface area contributed by atoms with Crippen molar-refractivity contribution in [3.63, 3.8) is 0 Å². The molecule has 2 heteroatoms. The summed E-state index contributed by atoms with van der Waals surface area (Å²) in [5.74, 6) is 0.567. The van der Waals surface area contributed by atoms with E-state index in [1.54, 1.807) is 0 Å². The van der Waals surface area contributed by atoms with Gasteiger partial charge in [0.15, 0.2) is 5.78 Å². The van der Waals surface area contributed by atoms with Crippen molar-refractivity contribution in [2.45, 2.75) is 26.2 Å². The molecule has 1 aliphatic carbocycles. The summed E-state index contributed by atoms with van der Waals surface area (Å²) in [6.07, 6.45) is 3.31. The second-order valence-corrected chi connectivity index (χ2v) is 4.06. The number of Topliss-reactive ketones (excluding diaryl/α,β-unsaturated/α-hetero) is 1. The Labute approximate surface area is 84.1 Å². The third-order valence-corrected chi connectivity index (χ3v) is 3.03. The topological polar surface area (TPSA) is 43.1 Å². The summed E-state index contributed by atoms with van der Waals surface area (Å²) in [6, 6.07) is 5.56. The van der Waals surface area contributed by atoms with E-state index < -0.39 is 0 Å². The fourth-order valence-electron chi connectivity index (χ4n) is 1.74. The fourth-order valence-corrected chi connectivity index (χ4v) is 1.74. The minimum absolute atomic E-state index is 0.276. The van der Waals surface area contributed by atoms with Crippen molar-refractivity contribution in [3.8, 4) is 0 Å². The number of benzene rings is 1. The summed E-state index contributed by atoms with van der Waals surface area (Å²) in [5, 5.41) is 0. The van der Waals surface area contributed by atoms with Crippen molar-refractivity contribution in [1.82, 2.24) is 0 Å². The number of aryl methyl sites for hydroxylation is 1. The Morgan fingerprint density at radius 2 is 2.14 bits per heavy atom. The Kier molecular flexibility index (Phi) is 2.28. The molecular formula is C12H15NO. The van der Waals surface area contributed by atoms with Gasteiger partial charge in [0.1, 0.15) is 0 Å². The molecule has 0 atom stereocenters. The molecule has 0 unspecified atom stereocenters. The molecule has 1 aromatic carbocycles. The van der Waals surface area contributed by atoms with Gasteiger partial charge in [-0.1, -0.05) is 6.42 Å². The number of ketones is 1. The normalized spacial score (nSPS) is 16.4. The first-order valence-corrected chi connectivity index (χ1v) is 5.09. The van der Waals surface area contributed by atoms with Gasteiger partial charge >= 0.3 is 0 Å². The number of hydrogen-bond acceptors (Lipinski definition) is 2. The van der Waals surface area contributed by atoms with Crippen LogP contribution in [0, 0.1) is 12.8 Å². The first-order chi connectivity index (χ1) is 6.68. The molecule has 14 heavy (non-hydrogen) atoms. The molecule has 0 amide bonds. The van der Waals surface area contributed by atoms with E-state index in [0.29, 0.717) is 5.78 Å². The van der Waals surface area contributed by atoms with Gasteiger partial charge in [0.2, 0.25) is 0 Å². The average Bonchev–Trinajstić information content (AvgIpc) is 2.06. The lowest BCUT2D eigenvalue weighted by Crippen LogP contribution is -2.22. The zero-order valence-corrected chi connectivity index (χ0v) is 8.42. The van der Waals surface area contributed by atoms with Crippen molar-refractivity contribution >= 4 is 11.5 Å². The average molecular weight is 189 g/mol. The molecule has 0 heterocycles. The van der Waals surface area contributed by atoms with Crippen LogP contribution in [0.15, 0.2) is 18.2 Å². The lowest BCUT2D eigenvalue weighted by molar-refractivity contribution is 0.0855. The molecule has 2 N–H and O–H groups in total. The molecule has 0 bridgehead atoms. The number of anilines is 1. The maximum atomic E-state index is 11.8. The zero-order chi connectivity index (χ0) is 10.1. The first-order valence-electron chi connectivity index (χ1n) is 5.09. The lowest BCUT2D eigenvalue weighted by atomic mass is 9.80. The highest BCUT2D eigenvalue weighted by molar-refractivity contribution is 5.98.